The third-order valence-corrected chi connectivity index (χ3v) is 7.11. The summed E-state index contributed by atoms with van der Waals surface area (Å²) in [5, 5.41) is 15.5. The lowest BCUT2D eigenvalue weighted by molar-refractivity contribution is -0.383. The zero-order valence-electron chi connectivity index (χ0n) is 19.9. The Labute approximate surface area is 213 Å². The van der Waals surface area contributed by atoms with Crippen molar-refractivity contribution in [3.63, 3.8) is 0 Å². The van der Waals surface area contributed by atoms with Crippen LogP contribution in [0.25, 0.3) is 10.1 Å². The number of benzene rings is 2. The second kappa shape index (κ2) is 11.2. The Balaban J connectivity index is 1.38. The lowest BCUT2D eigenvalue weighted by atomic mass is 10.1. The van der Waals surface area contributed by atoms with Gasteiger partial charge in [-0.15, -0.1) is 0 Å². The van der Waals surface area contributed by atoms with Gasteiger partial charge in [-0.2, -0.15) is 18.2 Å². The monoisotopic (exact) mass is 535 g/mol. The van der Waals surface area contributed by atoms with Crippen molar-refractivity contribution in [2.24, 2.45) is 5.16 Å². The molecule has 0 amide bonds. The highest BCUT2D eigenvalue weighted by Crippen LogP contribution is 2.38. The maximum atomic E-state index is 13.2. The van der Waals surface area contributed by atoms with Crippen LogP contribution in [-0.2, 0) is 17.6 Å². The van der Waals surface area contributed by atoms with Crippen molar-refractivity contribution in [3.8, 4) is 0 Å². The Morgan fingerprint density at radius 1 is 1.19 bits per heavy atom. The molecule has 4 rings (SSSR count). The first-order valence-electron chi connectivity index (χ1n) is 11.5. The average molecular weight is 536 g/mol. The third-order valence-electron chi connectivity index (χ3n) is 5.94. The third kappa shape index (κ3) is 6.60. The molecular formula is C24H24F3N5O4S. The quantitative estimate of drug-likeness (QED) is 0.234. The molecule has 37 heavy (non-hydrogen) atoms. The number of non-ortho nitro benzene ring substituents is 1. The molecular weight excluding hydrogens is 511 g/mol. The van der Waals surface area contributed by atoms with E-state index in [0.29, 0.717) is 51.3 Å². The SMILES string of the molecule is C/C(CCN1CCN(c2nc(=O)c3cc(C(F)(F)F)cc([N+](=O)[O-])c3s2)CC1)=N\OCc1ccccc1. The van der Waals surface area contributed by atoms with Crippen LogP contribution in [0.5, 0.6) is 0 Å². The minimum atomic E-state index is -4.82. The number of halogens is 3. The fourth-order valence-corrected chi connectivity index (χ4v) is 5.01. The highest BCUT2D eigenvalue weighted by molar-refractivity contribution is 7.22. The first kappa shape index (κ1) is 26.5. The summed E-state index contributed by atoms with van der Waals surface area (Å²) in [6.45, 7) is 5.41. The van der Waals surface area contributed by atoms with Crippen LogP contribution in [0, 0.1) is 10.1 Å². The van der Waals surface area contributed by atoms with Gasteiger partial charge in [-0.05, 0) is 18.6 Å². The van der Waals surface area contributed by atoms with Crippen molar-refractivity contribution >= 4 is 38.0 Å². The molecule has 0 aliphatic carbocycles. The van der Waals surface area contributed by atoms with Gasteiger partial charge >= 0.3 is 6.18 Å². The standard InChI is InChI=1S/C24H24F3N5O4S/c1-16(29-36-15-17-5-3-2-4-6-17)7-8-30-9-11-31(12-10-30)23-28-22(33)19-13-18(24(25,26)27)14-20(32(34)35)21(19)37-23/h2-6,13-14H,7-12,15H2,1H3/b29-16+. The van der Waals surface area contributed by atoms with E-state index >= 15 is 0 Å². The first-order chi connectivity index (χ1) is 17.6. The molecule has 0 N–H and O–H groups in total. The summed E-state index contributed by atoms with van der Waals surface area (Å²) in [6, 6.07) is 10.8. The number of piperazine rings is 1. The zero-order valence-corrected chi connectivity index (χ0v) is 20.7. The van der Waals surface area contributed by atoms with Crippen molar-refractivity contribution in [2.75, 3.05) is 37.6 Å². The van der Waals surface area contributed by atoms with Crippen molar-refractivity contribution < 1.29 is 22.9 Å². The molecule has 0 spiro atoms. The zero-order chi connectivity index (χ0) is 26.6. The summed E-state index contributed by atoms with van der Waals surface area (Å²) in [5.41, 5.74) is -1.02. The van der Waals surface area contributed by atoms with E-state index in [1.807, 2.05) is 42.2 Å². The van der Waals surface area contributed by atoms with Gasteiger partial charge in [0.05, 0.1) is 21.6 Å². The number of rotatable bonds is 8. The number of nitrogens with zero attached hydrogens (tertiary/aromatic N) is 5. The van der Waals surface area contributed by atoms with Gasteiger partial charge in [0.2, 0.25) is 0 Å². The molecule has 0 atom stereocenters. The van der Waals surface area contributed by atoms with Gasteiger partial charge in [-0.1, -0.05) is 46.8 Å². The molecule has 1 aliphatic rings. The summed E-state index contributed by atoms with van der Waals surface area (Å²) in [6.07, 6.45) is -4.10. The summed E-state index contributed by atoms with van der Waals surface area (Å²) in [5.74, 6) is 0. The maximum Gasteiger partial charge on any atom is 0.416 e. The van der Waals surface area contributed by atoms with Gasteiger partial charge in [-0.25, -0.2) is 0 Å². The lowest BCUT2D eigenvalue weighted by Gasteiger charge is -2.34. The van der Waals surface area contributed by atoms with Gasteiger partial charge < -0.3 is 9.74 Å². The average Bonchev–Trinajstić information content (AvgIpc) is 2.87. The Morgan fingerprint density at radius 3 is 2.54 bits per heavy atom. The van der Waals surface area contributed by atoms with Crippen molar-refractivity contribution in [1.29, 1.82) is 0 Å². The number of oxime groups is 1. The van der Waals surface area contributed by atoms with Crippen LogP contribution in [0.4, 0.5) is 24.0 Å². The number of alkyl halides is 3. The van der Waals surface area contributed by atoms with E-state index in [-0.39, 0.29) is 9.83 Å². The molecule has 0 bridgehead atoms. The minimum absolute atomic E-state index is 0.113. The number of nitro groups is 1. The van der Waals surface area contributed by atoms with Gasteiger partial charge in [-0.3, -0.25) is 19.8 Å². The molecule has 1 aromatic heterocycles. The summed E-state index contributed by atoms with van der Waals surface area (Å²) < 4.78 is 39.4. The Bertz CT molecular complexity index is 1360. The molecule has 1 saturated heterocycles. The second-order valence-corrected chi connectivity index (χ2v) is 9.57. The molecule has 2 heterocycles. The summed E-state index contributed by atoms with van der Waals surface area (Å²) in [7, 11) is 0. The van der Waals surface area contributed by atoms with Crippen LogP contribution in [0.2, 0.25) is 0 Å². The number of hydrogen-bond donors (Lipinski definition) is 0. The number of anilines is 1. The fraction of sp³-hybridized carbons (Fsp3) is 0.375. The largest absolute Gasteiger partial charge is 0.416 e. The van der Waals surface area contributed by atoms with E-state index in [9.17, 15) is 28.1 Å². The van der Waals surface area contributed by atoms with E-state index in [4.69, 9.17) is 4.84 Å². The molecule has 196 valence electrons. The van der Waals surface area contributed by atoms with E-state index in [2.05, 4.69) is 15.0 Å². The first-order valence-corrected chi connectivity index (χ1v) is 12.3. The molecule has 9 nitrogen and oxygen atoms in total. The fourth-order valence-electron chi connectivity index (χ4n) is 3.89. The number of hydrogen-bond acceptors (Lipinski definition) is 9. The summed E-state index contributed by atoms with van der Waals surface area (Å²) in [4.78, 5) is 36.5. The molecule has 0 saturated carbocycles. The number of nitro benzene ring substituents is 1. The minimum Gasteiger partial charge on any atom is -0.391 e. The van der Waals surface area contributed by atoms with Crippen LogP contribution in [0.15, 0.2) is 52.4 Å². The lowest BCUT2D eigenvalue weighted by Crippen LogP contribution is -2.47. The molecule has 2 aromatic carbocycles. The van der Waals surface area contributed by atoms with E-state index in [1.165, 1.54) is 0 Å². The number of aromatic nitrogens is 1. The molecule has 3 aromatic rings. The molecule has 0 radical (unpaired) electrons. The van der Waals surface area contributed by atoms with Gasteiger partial charge in [0.25, 0.3) is 11.2 Å². The Kier molecular flexibility index (Phi) is 8.03. The predicted molar refractivity (Wildman–Crippen MR) is 135 cm³/mol. The van der Waals surface area contributed by atoms with Crippen LogP contribution >= 0.6 is 11.3 Å². The topological polar surface area (TPSA) is 101 Å². The Morgan fingerprint density at radius 2 is 1.89 bits per heavy atom. The van der Waals surface area contributed by atoms with E-state index in [1.54, 1.807) is 0 Å². The van der Waals surface area contributed by atoms with Crippen LogP contribution in [0.3, 0.4) is 0 Å². The normalized spacial score (nSPS) is 15.2. The van der Waals surface area contributed by atoms with Gasteiger partial charge in [0.15, 0.2) is 5.13 Å². The highest BCUT2D eigenvalue weighted by Gasteiger charge is 2.34. The van der Waals surface area contributed by atoms with Gasteiger partial charge in [0, 0.05) is 45.2 Å². The van der Waals surface area contributed by atoms with Crippen molar-refractivity contribution in [3.05, 3.63) is 74.1 Å². The number of fused-ring (bicyclic) bond motifs is 1. The second-order valence-electron chi connectivity index (χ2n) is 8.59. The molecule has 1 aliphatic heterocycles. The van der Waals surface area contributed by atoms with E-state index < -0.39 is 33.3 Å². The van der Waals surface area contributed by atoms with Crippen molar-refractivity contribution in [2.45, 2.75) is 26.1 Å². The highest BCUT2D eigenvalue weighted by atomic mass is 32.1. The van der Waals surface area contributed by atoms with E-state index in [0.717, 1.165) is 29.2 Å². The van der Waals surface area contributed by atoms with Crippen molar-refractivity contribution in [1.82, 2.24) is 9.88 Å². The molecule has 13 heteroatoms. The Hall–Kier alpha value is -3.58. The van der Waals surface area contributed by atoms with Crippen LogP contribution in [0.1, 0.15) is 24.5 Å². The van der Waals surface area contributed by atoms with Crippen LogP contribution < -0.4 is 10.5 Å². The van der Waals surface area contributed by atoms with Crippen LogP contribution in [-0.4, -0.2) is 53.2 Å². The predicted octanol–water partition coefficient (Wildman–Crippen LogP) is 4.69. The smallest absolute Gasteiger partial charge is 0.391 e. The van der Waals surface area contributed by atoms with Gasteiger partial charge in [0.1, 0.15) is 11.3 Å². The summed E-state index contributed by atoms with van der Waals surface area (Å²) >= 11 is 0.860. The molecule has 1 fully saturated rings. The molecule has 0 unspecified atom stereocenters. The maximum absolute atomic E-state index is 13.2.